The van der Waals surface area contributed by atoms with Gasteiger partial charge in [0.2, 0.25) is 0 Å². The van der Waals surface area contributed by atoms with Crippen molar-refractivity contribution in [2.75, 3.05) is 0 Å². The molecule has 2 aromatic rings. The normalized spacial score (nSPS) is 11.4. The first-order valence-electron chi connectivity index (χ1n) is 6.09. The van der Waals surface area contributed by atoms with Gasteiger partial charge >= 0.3 is 0 Å². The van der Waals surface area contributed by atoms with Crippen LogP contribution in [-0.4, -0.2) is 4.98 Å². The molecule has 0 aliphatic heterocycles. The van der Waals surface area contributed by atoms with Crippen molar-refractivity contribution in [1.82, 2.24) is 4.98 Å². The van der Waals surface area contributed by atoms with Crippen LogP contribution in [0, 0.1) is 13.8 Å². The molecule has 0 saturated heterocycles. The number of pyridine rings is 1. The Hall–Kier alpha value is -2.15. The Kier molecular flexibility index (Phi) is 4.08. The zero-order valence-electron chi connectivity index (χ0n) is 10.8. The number of hydrogen-bond acceptors (Lipinski definition) is 1. The second-order valence-electron chi connectivity index (χ2n) is 4.32. The molecule has 0 spiro atoms. The first-order valence-corrected chi connectivity index (χ1v) is 6.09. The monoisotopic (exact) mass is 235 g/mol. The Morgan fingerprint density at radius 1 is 0.889 bits per heavy atom. The highest BCUT2D eigenvalue weighted by Crippen LogP contribution is 2.11. The third kappa shape index (κ3) is 3.42. The Morgan fingerprint density at radius 3 is 2.44 bits per heavy atom. The van der Waals surface area contributed by atoms with Crippen molar-refractivity contribution >= 4 is 12.2 Å². The topological polar surface area (TPSA) is 12.9 Å². The van der Waals surface area contributed by atoms with Crippen LogP contribution in [0.5, 0.6) is 0 Å². The molecule has 1 heteroatoms. The van der Waals surface area contributed by atoms with Gasteiger partial charge in [-0.05, 0) is 48.7 Å². The molecule has 0 fully saturated rings. The smallest absolute Gasteiger partial charge is 0.0629 e. The zero-order chi connectivity index (χ0) is 12.8. The molecule has 0 aliphatic rings. The molecule has 1 heterocycles. The summed E-state index contributed by atoms with van der Waals surface area (Å²) in [5.41, 5.74) is 4.85. The Labute approximate surface area is 109 Å². The highest BCUT2D eigenvalue weighted by Gasteiger charge is 1.91. The van der Waals surface area contributed by atoms with Crippen LogP contribution in [0.4, 0.5) is 0 Å². The van der Waals surface area contributed by atoms with Crippen LogP contribution in [0.2, 0.25) is 0 Å². The van der Waals surface area contributed by atoms with Crippen molar-refractivity contribution in [3.8, 4) is 0 Å². The lowest BCUT2D eigenvalue weighted by molar-refractivity contribution is 1.30. The Bertz CT molecular complexity index is 565. The molecule has 0 atom stereocenters. The van der Waals surface area contributed by atoms with Crippen molar-refractivity contribution in [2.24, 2.45) is 0 Å². The predicted octanol–water partition coefficient (Wildman–Crippen LogP) is 4.43. The number of benzene rings is 1. The molecule has 0 aliphatic carbocycles. The number of nitrogens with zero attached hydrogens (tertiary/aromatic N) is 1. The highest BCUT2D eigenvalue weighted by atomic mass is 14.6. The van der Waals surface area contributed by atoms with E-state index in [0.717, 1.165) is 5.69 Å². The molecule has 90 valence electrons. The molecule has 0 saturated carbocycles. The Balaban J connectivity index is 2.03. The van der Waals surface area contributed by atoms with E-state index >= 15 is 0 Å². The average molecular weight is 235 g/mol. The minimum absolute atomic E-state index is 0.974. The highest BCUT2D eigenvalue weighted by molar-refractivity contribution is 5.56. The van der Waals surface area contributed by atoms with Crippen molar-refractivity contribution < 1.29 is 0 Å². The molecule has 0 radical (unpaired) electrons. The lowest BCUT2D eigenvalue weighted by Gasteiger charge is -2.00. The summed E-state index contributed by atoms with van der Waals surface area (Å²) >= 11 is 0. The molecular formula is C17H17N. The molecule has 18 heavy (non-hydrogen) atoms. The van der Waals surface area contributed by atoms with E-state index in [4.69, 9.17) is 0 Å². The van der Waals surface area contributed by atoms with Gasteiger partial charge in [-0.15, -0.1) is 0 Å². The summed E-state index contributed by atoms with van der Waals surface area (Å²) in [5.74, 6) is 0. The van der Waals surface area contributed by atoms with Gasteiger partial charge in [0.15, 0.2) is 0 Å². The summed E-state index contributed by atoms with van der Waals surface area (Å²) in [6, 6.07) is 12.4. The van der Waals surface area contributed by atoms with Gasteiger partial charge in [-0.3, -0.25) is 4.98 Å². The van der Waals surface area contributed by atoms with Crippen LogP contribution in [0.25, 0.3) is 12.2 Å². The van der Waals surface area contributed by atoms with Gasteiger partial charge in [0.1, 0.15) is 0 Å². The van der Waals surface area contributed by atoms with E-state index in [1.807, 2.05) is 36.4 Å². The Morgan fingerprint density at radius 2 is 1.72 bits per heavy atom. The van der Waals surface area contributed by atoms with Crippen molar-refractivity contribution in [1.29, 1.82) is 0 Å². The van der Waals surface area contributed by atoms with E-state index < -0.39 is 0 Å². The number of aryl methyl sites for hydroxylation is 2. The van der Waals surface area contributed by atoms with E-state index in [1.165, 1.54) is 16.7 Å². The fourth-order valence-electron chi connectivity index (χ4n) is 1.66. The van der Waals surface area contributed by atoms with Crippen LogP contribution in [0.15, 0.2) is 54.7 Å². The van der Waals surface area contributed by atoms with E-state index in [2.05, 4.69) is 43.1 Å². The summed E-state index contributed by atoms with van der Waals surface area (Å²) in [6.45, 7) is 4.26. The third-order valence-corrected chi connectivity index (χ3v) is 2.89. The van der Waals surface area contributed by atoms with Crippen molar-refractivity contribution in [3.63, 3.8) is 0 Å². The average Bonchev–Trinajstić information content (AvgIpc) is 2.40. The van der Waals surface area contributed by atoms with Crippen molar-refractivity contribution in [3.05, 3.63) is 77.1 Å². The summed E-state index contributed by atoms with van der Waals surface area (Å²) in [4.78, 5) is 4.23. The van der Waals surface area contributed by atoms with E-state index in [-0.39, 0.29) is 0 Å². The maximum absolute atomic E-state index is 4.23. The summed E-state index contributed by atoms with van der Waals surface area (Å²) in [6.07, 6.45) is 9.95. The second-order valence-corrected chi connectivity index (χ2v) is 4.32. The molecule has 1 nitrogen and oxygen atoms in total. The standard InChI is InChI=1S/C17H17N/c1-14-10-11-16(13-15(14)2)7-3-4-8-17-9-5-6-12-18-17/h3-13H,1-2H3. The quantitative estimate of drug-likeness (QED) is 0.717. The van der Waals surface area contributed by atoms with Gasteiger partial charge < -0.3 is 0 Å². The van der Waals surface area contributed by atoms with Gasteiger partial charge in [-0.1, -0.05) is 42.5 Å². The van der Waals surface area contributed by atoms with Crippen LogP contribution in [0.1, 0.15) is 22.4 Å². The van der Waals surface area contributed by atoms with E-state index in [0.29, 0.717) is 0 Å². The number of aromatic nitrogens is 1. The molecule has 1 aromatic heterocycles. The summed E-state index contributed by atoms with van der Waals surface area (Å²) in [7, 11) is 0. The van der Waals surface area contributed by atoms with Gasteiger partial charge in [-0.2, -0.15) is 0 Å². The maximum atomic E-state index is 4.23. The van der Waals surface area contributed by atoms with E-state index in [9.17, 15) is 0 Å². The molecule has 1 aromatic carbocycles. The molecule has 0 bridgehead atoms. The second kappa shape index (κ2) is 5.97. The molecular weight excluding hydrogens is 218 g/mol. The van der Waals surface area contributed by atoms with Crippen molar-refractivity contribution in [2.45, 2.75) is 13.8 Å². The maximum Gasteiger partial charge on any atom is 0.0629 e. The SMILES string of the molecule is Cc1ccc(C=CC=Cc2ccccn2)cc1C. The van der Waals surface area contributed by atoms with Gasteiger partial charge in [0, 0.05) is 6.20 Å². The minimum atomic E-state index is 0.974. The molecule has 2 rings (SSSR count). The predicted molar refractivity (Wildman–Crippen MR) is 78.2 cm³/mol. The fraction of sp³-hybridized carbons (Fsp3) is 0.118. The van der Waals surface area contributed by atoms with Crippen LogP contribution in [-0.2, 0) is 0 Å². The van der Waals surface area contributed by atoms with Crippen LogP contribution < -0.4 is 0 Å². The van der Waals surface area contributed by atoms with Gasteiger partial charge in [0.05, 0.1) is 5.69 Å². The number of rotatable bonds is 3. The summed E-state index contributed by atoms with van der Waals surface area (Å²) in [5, 5.41) is 0. The molecule has 0 unspecified atom stereocenters. The van der Waals surface area contributed by atoms with Crippen LogP contribution >= 0.6 is 0 Å². The van der Waals surface area contributed by atoms with E-state index in [1.54, 1.807) is 6.20 Å². The largest absolute Gasteiger partial charge is 0.257 e. The summed E-state index contributed by atoms with van der Waals surface area (Å²) < 4.78 is 0. The van der Waals surface area contributed by atoms with Gasteiger partial charge in [-0.25, -0.2) is 0 Å². The lowest BCUT2D eigenvalue weighted by Crippen LogP contribution is -1.80. The lowest BCUT2D eigenvalue weighted by atomic mass is 10.1. The third-order valence-electron chi connectivity index (χ3n) is 2.89. The molecule has 0 N–H and O–H groups in total. The zero-order valence-corrected chi connectivity index (χ0v) is 10.8. The molecule has 0 amide bonds. The fourth-order valence-corrected chi connectivity index (χ4v) is 1.66. The minimum Gasteiger partial charge on any atom is -0.257 e. The first kappa shape index (κ1) is 12.3. The van der Waals surface area contributed by atoms with Gasteiger partial charge in [0.25, 0.3) is 0 Å². The number of hydrogen-bond donors (Lipinski definition) is 0. The first-order chi connectivity index (χ1) is 8.75. The number of allylic oxidation sites excluding steroid dienone is 2. The van der Waals surface area contributed by atoms with Crippen LogP contribution in [0.3, 0.4) is 0 Å².